The number of hydrogen-bond donors (Lipinski definition) is 1. The van der Waals surface area contributed by atoms with Crippen LogP contribution in [0.3, 0.4) is 0 Å². The second kappa shape index (κ2) is 6.53. The van der Waals surface area contributed by atoms with Crippen LogP contribution in [0, 0.1) is 0 Å². The fourth-order valence-electron chi connectivity index (χ4n) is 2.02. The quantitative estimate of drug-likeness (QED) is 0.857. The van der Waals surface area contributed by atoms with Crippen LogP contribution in [0.4, 0.5) is 5.69 Å². The van der Waals surface area contributed by atoms with Crippen LogP contribution >= 0.6 is 11.3 Å². The number of para-hydroxylation sites is 1. The van der Waals surface area contributed by atoms with E-state index in [0.29, 0.717) is 12.3 Å². The Morgan fingerprint density at radius 3 is 2.74 bits per heavy atom. The van der Waals surface area contributed by atoms with Crippen LogP contribution in [0.1, 0.15) is 37.3 Å². The van der Waals surface area contributed by atoms with Crippen molar-refractivity contribution < 1.29 is 4.79 Å². The molecule has 0 bridgehead atoms. The Labute approximate surface area is 118 Å². The van der Waals surface area contributed by atoms with Crippen LogP contribution in [0.5, 0.6) is 0 Å². The maximum Gasteiger partial charge on any atom is 0.224 e. The minimum atomic E-state index is 0.0827. The van der Waals surface area contributed by atoms with Gasteiger partial charge in [-0.25, -0.2) is 0 Å². The summed E-state index contributed by atoms with van der Waals surface area (Å²) < 4.78 is 0. The van der Waals surface area contributed by atoms with Gasteiger partial charge in [-0.1, -0.05) is 32.0 Å². The molecular weight excluding hydrogens is 254 g/mol. The molecule has 0 atom stereocenters. The molecule has 2 rings (SSSR count). The molecule has 0 saturated heterocycles. The van der Waals surface area contributed by atoms with Crippen LogP contribution in [0.15, 0.2) is 41.1 Å². The maximum atomic E-state index is 12.0. The standard InChI is InChI=1S/C16H19NOS/c1-12(2)14-5-3-4-6-15(14)17-16(18)8-7-13-9-10-19-11-13/h3-6,9-12H,7-8H2,1-2H3,(H,17,18). The minimum absolute atomic E-state index is 0.0827. The molecule has 0 radical (unpaired) electrons. The smallest absolute Gasteiger partial charge is 0.224 e. The van der Waals surface area contributed by atoms with Gasteiger partial charge in [0.1, 0.15) is 0 Å². The number of aryl methyl sites for hydroxylation is 1. The van der Waals surface area contributed by atoms with Crippen molar-refractivity contribution in [2.75, 3.05) is 5.32 Å². The van der Waals surface area contributed by atoms with Gasteiger partial charge in [-0.3, -0.25) is 4.79 Å². The summed E-state index contributed by atoms with van der Waals surface area (Å²) in [5.74, 6) is 0.493. The van der Waals surface area contributed by atoms with E-state index in [0.717, 1.165) is 12.1 Å². The van der Waals surface area contributed by atoms with Gasteiger partial charge in [-0.05, 0) is 46.4 Å². The normalized spacial score (nSPS) is 10.7. The molecule has 0 aliphatic carbocycles. The highest BCUT2D eigenvalue weighted by Gasteiger charge is 2.09. The topological polar surface area (TPSA) is 29.1 Å². The van der Waals surface area contributed by atoms with Crippen molar-refractivity contribution in [3.05, 3.63) is 52.2 Å². The fourth-order valence-corrected chi connectivity index (χ4v) is 2.72. The van der Waals surface area contributed by atoms with Gasteiger partial charge < -0.3 is 5.32 Å². The summed E-state index contributed by atoms with van der Waals surface area (Å²) in [4.78, 5) is 12.0. The zero-order valence-electron chi connectivity index (χ0n) is 11.3. The first-order valence-electron chi connectivity index (χ1n) is 6.56. The first-order valence-corrected chi connectivity index (χ1v) is 7.51. The lowest BCUT2D eigenvalue weighted by molar-refractivity contribution is -0.116. The van der Waals surface area contributed by atoms with E-state index in [9.17, 15) is 4.79 Å². The monoisotopic (exact) mass is 273 g/mol. The number of amides is 1. The molecule has 0 fully saturated rings. The van der Waals surface area contributed by atoms with Crippen LogP contribution in [-0.4, -0.2) is 5.91 Å². The van der Waals surface area contributed by atoms with Crippen molar-refractivity contribution in [3.63, 3.8) is 0 Å². The lowest BCUT2D eigenvalue weighted by atomic mass is 10.0. The van der Waals surface area contributed by atoms with Gasteiger partial charge in [0.25, 0.3) is 0 Å². The van der Waals surface area contributed by atoms with Gasteiger partial charge >= 0.3 is 0 Å². The van der Waals surface area contributed by atoms with Crippen molar-refractivity contribution in [1.82, 2.24) is 0 Å². The largest absolute Gasteiger partial charge is 0.326 e. The third-order valence-electron chi connectivity index (χ3n) is 3.08. The van der Waals surface area contributed by atoms with E-state index in [1.165, 1.54) is 11.1 Å². The Hall–Kier alpha value is -1.61. The molecule has 19 heavy (non-hydrogen) atoms. The van der Waals surface area contributed by atoms with E-state index in [1.807, 2.05) is 23.6 Å². The van der Waals surface area contributed by atoms with Crippen molar-refractivity contribution >= 4 is 22.9 Å². The van der Waals surface area contributed by atoms with Crippen molar-refractivity contribution in [2.24, 2.45) is 0 Å². The molecule has 2 nitrogen and oxygen atoms in total. The number of thiophene rings is 1. The first-order chi connectivity index (χ1) is 9.16. The van der Waals surface area contributed by atoms with Crippen LogP contribution in [0.25, 0.3) is 0 Å². The van der Waals surface area contributed by atoms with Crippen molar-refractivity contribution in [3.8, 4) is 0 Å². The van der Waals surface area contributed by atoms with Crippen molar-refractivity contribution in [1.29, 1.82) is 0 Å². The van der Waals surface area contributed by atoms with E-state index in [4.69, 9.17) is 0 Å². The van der Waals surface area contributed by atoms with E-state index in [1.54, 1.807) is 11.3 Å². The number of carbonyl (C=O) groups excluding carboxylic acids is 1. The Balaban J connectivity index is 1.95. The number of nitrogens with one attached hydrogen (secondary N) is 1. The molecule has 100 valence electrons. The molecule has 3 heteroatoms. The van der Waals surface area contributed by atoms with Crippen LogP contribution in [-0.2, 0) is 11.2 Å². The summed E-state index contributed by atoms with van der Waals surface area (Å²) in [5.41, 5.74) is 3.36. The van der Waals surface area contributed by atoms with E-state index in [2.05, 4.69) is 36.7 Å². The zero-order chi connectivity index (χ0) is 13.7. The molecule has 0 spiro atoms. The second-order valence-corrected chi connectivity index (χ2v) is 5.70. The average molecular weight is 273 g/mol. The number of anilines is 1. The summed E-state index contributed by atoms with van der Waals surface area (Å²) in [6, 6.07) is 10.1. The summed E-state index contributed by atoms with van der Waals surface area (Å²) in [6.07, 6.45) is 1.34. The van der Waals surface area contributed by atoms with Crippen LogP contribution in [0.2, 0.25) is 0 Å². The number of carbonyl (C=O) groups is 1. The Morgan fingerprint density at radius 1 is 1.26 bits per heavy atom. The summed E-state index contributed by atoms with van der Waals surface area (Å²) in [7, 11) is 0. The molecular formula is C16H19NOS. The summed E-state index contributed by atoms with van der Waals surface area (Å²) in [5, 5.41) is 7.15. The molecule has 1 aromatic heterocycles. The van der Waals surface area contributed by atoms with Gasteiger partial charge in [0.05, 0.1) is 0 Å². The predicted molar refractivity (Wildman–Crippen MR) is 81.8 cm³/mol. The van der Waals surface area contributed by atoms with Crippen molar-refractivity contribution in [2.45, 2.75) is 32.6 Å². The number of hydrogen-bond acceptors (Lipinski definition) is 2. The molecule has 2 aromatic rings. The van der Waals surface area contributed by atoms with Gasteiger partial charge in [0.2, 0.25) is 5.91 Å². The van der Waals surface area contributed by atoms with E-state index in [-0.39, 0.29) is 5.91 Å². The Bertz CT molecular complexity index is 531. The Morgan fingerprint density at radius 2 is 2.05 bits per heavy atom. The Kier molecular flexibility index (Phi) is 4.74. The highest BCUT2D eigenvalue weighted by molar-refractivity contribution is 7.07. The average Bonchev–Trinajstić information content (AvgIpc) is 2.90. The molecule has 0 aliphatic rings. The molecule has 1 aromatic carbocycles. The highest BCUT2D eigenvalue weighted by Crippen LogP contribution is 2.23. The van der Waals surface area contributed by atoms with E-state index < -0.39 is 0 Å². The molecule has 1 amide bonds. The third kappa shape index (κ3) is 3.93. The fraction of sp³-hybridized carbons (Fsp3) is 0.312. The zero-order valence-corrected chi connectivity index (χ0v) is 12.2. The van der Waals surface area contributed by atoms with E-state index >= 15 is 0 Å². The molecule has 0 saturated carbocycles. The van der Waals surface area contributed by atoms with Crippen LogP contribution < -0.4 is 5.32 Å². The van der Waals surface area contributed by atoms with Gasteiger partial charge in [-0.15, -0.1) is 0 Å². The third-order valence-corrected chi connectivity index (χ3v) is 3.81. The minimum Gasteiger partial charge on any atom is -0.326 e. The maximum absolute atomic E-state index is 12.0. The summed E-state index contributed by atoms with van der Waals surface area (Å²) in [6.45, 7) is 4.27. The lowest BCUT2D eigenvalue weighted by Gasteiger charge is -2.13. The van der Waals surface area contributed by atoms with Gasteiger partial charge in [0, 0.05) is 12.1 Å². The lowest BCUT2D eigenvalue weighted by Crippen LogP contribution is -2.13. The van der Waals surface area contributed by atoms with Gasteiger partial charge in [0.15, 0.2) is 0 Å². The molecule has 1 N–H and O–H groups in total. The second-order valence-electron chi connectivity index (χ2n) is 4.92. The first kappa shape index (κ1) is 13.8. The molecule has 0 aliphatic heterocycles. The SMILES string of the molecule is CC(C)c1ccccc1NC(=O)CCc1ccsc1. The molecule has 1 heterocycles. The number of benzene rings is 1. The summed E-state index contributed by atoms with van der Waals surface area (Å²) >= 11 is 1.67. The number of rotatable bonds is 5. The highest BCUT2D eigenvalue weighted by atomic mass is 32.1. The predicted octanol–water partition coefficient (Wildman–Crippen LogP) is 4.44. The van der Waals surface area contributed by atoms with Gasteiger partial charge in [-0.2, -0.15) is 11.3 Å². The molecule has 0 unspecified atom stereocenters.